The number of carbonyl (C=O) groups is 2. The van der Waals surface area contributed by atoms with Gasteiger partial charge in [-0.15, -0.1) is 0 Å². The van der Waals surface area contributed by atoms with Crippen LogP contribution >= 0.6 is 0 Å². The van der Waals surface area contributed by atoms with Gasteiger partial charge in [-0.3, -0.25) is 0 Å². The molecule has 18 heavy (non-hydrogen) atoms. The van der Waals surface area contributed by atoms with Crippen LogP contribution in [0.1, 0.15) is 0 Å². The predicted octanol–water partition coefficient (Wildman–Crippen LogP) is 0.229. The Morgan fingerprint density at radius 1 is 1.28 bits per heavy atom. The number of hydrogen-bond acceptors (Lipinski definition) is 6. The van der Waals surface area contributed by atoms with Crippen molar-refractivity contribution in [2.45, 2.75) is 12.2 Å². The minimum Gasteiger partial charge on any atom is -0.458 e. The van der Waals surface area contributed by atoms with Crippen LogP contribution in [0.3, 0.4) is 0 Å². The van der Waals surface area contributed by atoms with E-state index in [1.54, 1.807) is 0 Å². The standard InChI is InChI=1S/C12H16O6/c1-3-11(13)17-8-10(18-12(14)4-2)6-15-5-9-7-16-9/h3-4,9-10H,1-2,5-8H2. The Balaban J connectivity index is 2.28. The lowest BCUT2D eigenvalue weighted by molar-refractivity contribution is -0.156. The molecule has 1 aliphatic rings. The summed E-state index contributed by atoms with van der Waals surface area (Å²) < 4.78 is 20.0. The van der Waals surface area contributed by atoms with Crippen molar-refractivity contribution in [3.63, 3.8) is 0 Å². The minimum absolute atomic E-state index is 0.0873. The van der Waals surface area contributed by atoms with Crippen LogP contribution in [0.2, 0.25) is 0 Å². The summed E-state index contributed by atoms with van der Waals surface area (Å²) in [5, 5.41) is 0. The van der Waals surface area contributed by atoms with E-state index in [-0.39, 0.29) is 19.3 Å². The largest absolute Gasteiger partial charge is 0.458 e. The van der Waals surface area contributed by atoms with E-state index in [9.17, 15) is 9.59 Å². The van der Waals surface area contributed by atoms with Crippen LogP contribution < -0.4 is 0 Å². The molecule has 0 spiro atoms. The average Bonchev–Trinajstić information content (AvgIpc) is 3.19. The van der Waals surface area contributed by atoms with Crippen LogP contribution in [0, 0.1) is 0 Å². The van der Waals surface area contributed by atoms with Gasteiger partial charge >= 0.3 is 11.9 Å². The highest BCUT2D eigenvalue weighted by atomic mass is 16.6. The summed E-state index contributed by atoms with van der Waals surface area (Å²) in [6.07, 6.45) is 1.52. The summed E-state index contributed by atoms with van der Waals surface area (Å²) in [4.78, 5) is 22.0. The highest BCUT2D eigenvalue weighted by molar-refractivity contribution is 5.82. The first-order valence-corrected chi connectivity index (χ1v) is 5.47. The average molecular weight is 256 g/mol. The summed E-state index contributed by atoms with van der Waals surface area (Å²) in [5.74, 6) is -1.18. The van der Waals surface area contributed by atoms with Crippen molar-refractivity contribution < 1.29 is 28.5 Å². The molecular weight excluding hydrogens is 240 g/mol. The molecule has 1 heterocycles. The lowest BCUT2D eigenvalue weighted by atomic mass is 10.4. The van der Waals surface area contributed by atoms with Gasteiger partial charge in [0.2, 0.25) is 0 Å². The molecule has 0 aromatic heterocycles. The van der Waals surface area contributed by atoms with Gasteiger partial charge in [0.25, 0.3) is 0 Å². The molecule has 2 unspecified atom stereocenters. The number of ether oxygens (including phenoxy) is 4. The maximum Gasteiger partial charge on any atom is 0.330 e. The molecule has 6 heteroatoms. The first kappa shape index (κ1) is 14.4. The normalized spacial score (nSPS) is 18.6. The van der Waals surface area contributed by atoms with Gasteiger partial charge < -0.3 is 18.9 Å². The first-order chi connectivity index (χ1) is 8.65. The number of rotatable bonds is 9. The molecule has 0 saturated carbocycles. The fraction of sp³-hybridized carbons (Fsp3) is 0.500. The van der Waals surface area contributed by atoms with E-state index < -0.39 is 18.0 Å². The van der Waals surface area contributed by atoms with Crippen molar-refractivity contribution in [1.29, 1.82) is 0 Å². The van der Waals surface area contributed by atoms with E-state index in [1.807, 2.05) is 0 Å². The molecule has 2 atom stereocenters. The Labute approximate surface area is 105 Å². The second kappa shape index (κ2) is 7.62. The molecule has 0 bridgehead atoms. The zero-order valence-corrected chi connectivity index (χ0v) is 10.0. The number of epoxide rings is 1. The molecule has 0 aromatic rings. The Bertz CT molecular complexity index is 321. The van der Waals surface area contributed by atoms with E-state index in [0.717, 1.165) is 12.2 Å². The highest BCUT2D eigenvalue weighted by Crippen LogP contribution is 2.09. The van der Waals surface area contributed by atoms with Gasteiger partial charge in [0.05, 0.1) is 19.8 Å². The maximum atomic E-state index is 11.1. The monoisotopic (exact) mass is 256 g/mol. The van der Waals surface area contributed by atoms with Gasteiger partial charge in [-0.25, -0.2) is 9.59 Å². The van der Waals surface area contributed by atoms with Crippen molar-refractivity contribution in [1.82, 2.24) is 0 Å². The number of hydrogen-bond donors (Lipinski definition) is 0. The Morgan fingerprint density at radius 2 is 1.94 bits per heavy atom. The van der Waals surface area contributed by atoms with E-state index in [0.29, 0.717) is 13.2 Å². The van der Waals surface area contributed by atoms with Gasteiger partial charge in [0.1, 0.15) is 12.7 Å². The fourth-order valence-electron chi connectivity index (χ4n) is 1.06. The smallest absolute Gasteiger partial charge is 0.330 e. The summed E-state index contributed by atoms with van der Waals surface area (Å²) in [5.41, 5.74) is 0. The van der Waals surface area contributed by atoms with Gasteiger partial charge in [-0.1, -0.05) is 13.2 Å². The molecule has 1 fully saturated rings. The topological polar surface area (TPSA) is 74.4 Å². The third-order valence-electron chi connectivity index (χ3n) is 2.04. The van der Waals surface area contributed by atoms with Crippen LogP contribution in [0.4, 0.5) is 0 Å². The van der Waals surface area contributed by atoms with E-state index in [4.69, 9.17) is 18.9 Å². The Hall–Kier alpha value is -1.66. The SMILES string of the molecule is C=CC(=O)OCC(COCC1CO1)OC(=O)C=C. The van der Waals surface area contributed by atoms with Crippen molar-refractivity contribution in [3.8, 4) is 0 Å². The summed E-state index contributed by atoms with van der Waals surface area (Å²) in [6.45, 7) is 7.70. The molecule has 0 radical (unpaired) electrons. The zero-order chi connectivity index (χ0) is 13.4. The van der Waals surface area contributed by atoms with Gasteiger partial charge in [0.15, 0.2) is 6.10 Å². The fourth-order valence-corrected chi connectivity index (χ4v) is 1.06. The van der Waals surface area contributed by atoms with Crippen LogP contribution in [0.5, 0.6) is 0 Å². The predicted molar refractivity (Wildman–Crippen MR) is 61.8 cm³/mol. The van der Waals surface area contributed by atoms with E-state index >= 15 is 0 Å². The lowest BCUT2D eigenvalue weighted by Crippen LogP contribution is -2.29. The van der Waals surface area contributed by atoms with Crippen molar-refractivity contribution >= 4 is 11.9 Å². The Morgan fingerprint density at radius 3 is 2.50 bits per heavy atom. The Kier molecular flexibility index (Phi) is 6.10. The van der Waals surface area contributed by atoms with Gasteiger partial charge in [0, 0.05) is 12.2 Å². The molecule has 0 amide bonds. The van der Waals surface area contributed by atoms with Crippen LogP contribution in [-0.4, -0.2) is 50.6 Å². The molecule has 1 rings (SSSR count). The van der Waals surface area contributed by atoms with Gasteiger partial charge in [-0.05, 0) is 0 Å². The molecule has 1 saturated heterocycles. The quantitative estimate of drug-likeness (QED) is 0.334. The highest BCUT2D eigenvalue weighted by Gasteiger charge is 2.23. The second-order valence-electron chi connectivity index (χ2n) is 3.59. The molecular formula is C12H16O6. The minimum atomic E-state index is -0.668. The summed E-state index contributed by atoms with van der Waals surface area (Å²) in [6, 6.07) is 0. The van der Waals surface area contributed by atoms with Crippen molar-refractivity contribution in [2.24, 2.45) is 0 Å². The van der Waals surface area contributed by atoms with E-state index in [1.165, 1.54) is 0 Å². The van der Waals surface area contributed by atoms with Crippen molar-refractivity contribution in [2.75, 3.05) is 26.4 Å². The zero-order valence-electron chi connectivity index (χ0n) is 10.0. The summed E-state index contributed by atoms with van der Waals surface area (Å²) >= 11 is 0. The molecule has 0 aromatic carbocycles. The van der Waals surface area contributed by atoms with Crippen molar-refractivity contribution in [3.05, 3.63) is 25.3 Å². The molecule has 0 N–H and O–H groups in total. The maximum absolute atomic E-state index is 11.1. The molecule has 6 nitrogen and oxygen atoms in total. The van der Waals surface area contributed by atoms with Crippen LogP contribution in [0.15, 0.2) is 25.3 Å². The summed E-state index contributed by atoms with van der Waals surface area (Å²) in [7, 11) is 0. The first-order valence-electron chi connectivity index (χ1n) is 5.47. The van der Waals surface area contributed by atoms with Crippen LogP contribution in [0.25, 0.3) is 0 Å². The third-order valence-corrected chi connectivity index (χ3v) is 2.04. The third kappa shape index (κ3) is 6.17. The number of esters is 2. The second-order valence-corrected chi connectivity index (χ2v) is 3.59. The molecule has 1 aliphatic heterocycles. The molecule has 100 valence electrons. The number of carbonyl (C=O) groups excluding carboxylic acids is 2. The van der Waals surface area contributed by atoms with Crippen LogP contribution in [-0.2, 0) is 28.5 Å². The molecule has 0 aliphatic carbocycles. The van der Waals surface area contributed by atoms with Gasteiger partial charge in [-0.2, -0.15) is 0 Å². The lowest BCUT2D eigenvalue weighted by Gasteiger charge is -2.16. The van der Waals surface area contributed by atoms with E-state index in [2.05, 4.69) is 13.2 Å².